The Morgan fingerprint density at radius 3 is 2.44 bits per heavy atom. The van der Waals surface area contributed by atoms with Crippen molar-refractivity contribution in [2.24, 2.45) is 5.10 Å². The minimum absolute atomic E-state index is 0.304. The standard InChI is InChI=1S/C26H25BrF3N3O5S/c1-17-7-9-18(10-8-17)16-38-25-22(27)11-19(12-23(25)37-2)14-31-32-24(34)15-33(39(3,35)36)21-6-4-5-20(13-21)26(28,29)30/h4-14H,15-16H2,1-3H3,(H,32,34)/b31-14-. The number of hydrazone groups is 1. The van der Waals surface area contributed by atoms with Gasteiger partial charge < -0.3 is 9.47 Å². The van der Waals surface area contributed by atoms with Crippen molar-refractivity contribution in [1.82, 2.24) is 5.43 Å². The number of amides is 1. The number of benzene rings is 3. The predicted molar refractivity (Wildman–Crippen MR) is 146 cm³/mol. The van der Waals surface area contributed by atoms with E-state index in [0.717, 1.165) is 29.5 Å². The van der Waals surface area contributed by atoms with Crippen LogP contribution in [0.4, 0.5) is 18.9 Å². The first-order chi connectivity index (χ1) is 18.3. The molecule has 0 saturated heterocycles. The topological polar surface area (TPSA) is 97.3 Å². The highest BCUT2D eigenvalue weighted by Crippen LogP contribution is 2.37. The maximum Gasteiger partial charge on any atom is 0.416 e. The van der Waals surface area contributed by atoms with E-state index in [9.17, 15) is 26.4 Å². The second-order valence-electron chi connectivity index (χ2n) is 8.42. The summed E-state index contributed by atoms with van der Waals surface area (Å²) >= 11 is 3.44. The third-order valence-corrected chi connectivity index (χ3v) is 7.04. The van der Waals surface area contributed by atoms with Gasteiger partial charge in [0.2, 0.25) is 10.0 Å². The van der Waals surface area contributed by atoms with Crippen molar-refractivity contribution in [2.75, 3.05) is 24.2 Å². The van der Waals surface area contributed by atoms with Gasteiger partial charge in [0.25, 0.3) is 5.91 Å². The van der Waals surface area contributed by atoms with E-state index < -0.39 is 34.2 Å². The lowest BCUT2D eigenvalue weighted by Gasteiger charge is -2.22. The second-order valence-corrected chi connectivity index (χ2v) is 11.2. The fourth-order valence-electron chi connectivity index (χ4n) is 3.38. The summed E-state index contributed by atoms with van der Waals surface area (Å²) in [4.78, 5) is 12.4. The maximum absolute atomic E-state index is 13.1. The van der Waals surface area contributed by atoms with Gasteiger partial charge in [-0.05, 0) is 64.3 Å². The molecule has 3 rings (SSSR count). The molecule has 0 heterocycles. The van der Waals surface area contributed by atoms with Crippen LogP contribution in [-0.2, 0) is 27.6 Å². The summed E-state index contributed by atoms with van der Waals surface area (Å²) < 4.78 is 76.1. The van der Waals surface area contributed by atoms with Crippen LogP contribution in [-0.4, -0.2) is 40.4 Å². The third kappa shape index (κ3) is 8.45. The van der Waals surface area contributed by atoms with E-state index in [-0.39, 0.29) is 5.69 Å². The second kappa shape index (κ2) is 12.5. The molecule has 0 bridgehead atoms. The van der Waals surface area contributed by atoms with Crippen LogP contribution in [0.5, 0.6) is 11.5 Å². The molecule has 208 valence electrons. The number of methoxy groups -OCH3 is 1. The number of ether oxygens (including phenoxy) is 2. The number of hydrogen-bond acceptors (Lipinski definition) is 6. The molecule has 1 N–H and O–H groups in total. The summed E-state index contributed by atoms with van der Waals surface area (Å²) in [7, 11) is -2.61. The molecule has 1 amide bonds. The highest BCUT2D eigenvalue weighted by atomic mass is 79.9. The summed E-state index contributed by atoms with van der Waals surface area (Å²) in [5.41, 5.74) is 3.45. The van der Waals surface area contributed by atoms with Crippen LogP contribution in [0.15, 0.2) is 70.2 Å². The first-order valence-electron chi connectivity index (χ1n) is 11.3. The molecular formula is C26H25BrF3N3O5S. The van der Waals surface area contributed by atoms with Crippen molar-refractivity contribution < 1.29 is 35.9 Å². The zero-order valence-corrected chi connectivity index (χ0v) is 23.5. The molecule has 0 aliphatic heterocycles. The molecule has 0 unspecified atom stereocenters. The molecule has 0 aliphatic rings. The molecule has 0 atom stereocenters. The highest BCUT2D eigenvalue weighted by molar-refractivity contribution is 9.10. The molecule has 0 aliphatic carbocycles. The zero-order valence-electron chi connectivity index (χ0n) is 21.1. The first kappa shape index (κ1) is 30.0. The molecule has 3 aromatic rings. The number of nitrogens with zero attached hydrogens (tertiary/aromatic N) is 2. The van der Waals surface area contributed by atoms with E-state index >= 15 is 0 Å². The number of halogens is 4. The van der Waals surface area contributed by atoms with Crippen molar-refractivity contribution in [3.63, 3.8) is 0 Å². The van der Waals surface area contributed by atoms with E-state index in [1.807, 2.05) is 31.2 Å². The highest BCUT2D eigenvalue weighted by Gasteiger charge is 2.32. The van der Waals surface area contributed by atoms with E-state index in [1.54, 1.807) is 12.1 Å². The Morgan fingerprint density at radius 1 is 1.13 bits per heavy atom. The van der Waals surface area contributed by atoms with Gasteiger partial charge in [0.15, 0.2) is 11.5 Å². The number of nitrogens with one attached hydrogen (secondary N) is 1. The monoisotopic (exact) mass is 627 g/mol. The SMILES string of the molecule is COc1cc(/C=N\NC(=O)CN(c2cccc(C(F)(F)F)c2)S(C)(=O)=O)cc(Br)c1OCc1ccc(C)cc1. The largest absolute Gasteiger partial charge is 0.493 e. The van der Waals surface area contributed by atoms with Crippen LogP contribution in [0, 0.1) is 6.92 Å². The number of alkyl halides is 3. The van der Waals surface area contributed by atoms with Gasteiger partial charge >= 0.3 is 6.18 Å². The summed E-state index contributed by atoms with van der Waals surface area (Å²) in [5, 5.41) is 3.83. The number of sulfonamides is 1. The van der Waals surface area contributed by atoms with Gasteiger partial charge in [-0.25, -0.2) is 13.8 Å². The van der Waals surface area contributed by atoms with Crippen molar-refractivity contribution in [3.8, 4) is 11.5 Å². The molecule has 39 heavy (non-hydrogen) atoms. The molecular weight excluding hydrogens is 603 g/mol. The van der Waals surface area contributed by atoms with Gasteiger partial charge in [0, 0.05) is 0 Å². The summed E-state index contributed by atoms with van der Waals surface area (Å²) in [6.07, 6.45) is -2.59. The Bertz CT molecular complexity index is 1460. The predicted octanol–water partition coefficient (Wildman–Crippen LogP) is 5.28. The molecule has 13 heteroatoms. The Balaban J connectivity index is 1.70. The van der Waals surface area contributed by atoms with Gasteiger partial charge in [0.05, 0.1) is 35.3 Å². The zero-order chi connectivity index (χ0) is 28.8. The first-order valence-corrected chi connectivity index (χ1v) is 13.9. The van der Waals surface area contributed by atoms with Crippen LogP contribution >= 0.6 is 15.9 Å². The van der Waals surface area contributed by atoms with E-state index in [4.69, 9.17) is 9.47 Å². The minimum Gasteiger partial charge on any atom is -0.493 e. The van der Waals surface area contributed by atoms with Crippen LogP contribution < -0.4 is 19.2 Å². The molecule has 8 nitrogen and oxygen atoms in total. The third-order valence-electron chi connectivity index (χ3n) is 5.31. The Labute approximate surface area is 232 Å². The van der Waals surface area contributed by atoms with E-state index in [1.165, 1.54) is 19.4 Å². The Morgan fingerprint density at radius 2 is 1.82 bits per heavy atom. The molecule has 0 saturated carbocycles. The maximum atomic E-state index is 13.1. The number of rotatable bonds is 10. The van der Waals surface area contributed by atoms with Crippen LogP contribution in [0.25, 0.3) is 0 Å². The van der Waals surface area contributed by atoms with Crippen molar-refractivity contribution >= 4 is 43.8 Å². The fraction of sp³-hybridized carbons (Fsp3) is 0.231. The van der Waals surface area contributed by atoms with E-state index in [0.29, 0.717) is 38.5 Å². The normalized spacial score (nSPS) is 11.9. The number of hydrogen-bond donors (Lipinski definition) is 1. The number of aryl methyl sites for hydroxylation is 1. The molecule has 0 fully saturated rings. The summed E-state index contributed by atoms with van der Waals surface area (Å²) in [6.45, 7) is 1.52. The van der Waals surface area contributed by atoms with Crippen LogP contribution in [0.3, 0.4) is 0 Å². The molecule has 0 aromatic heterocycles. The lowest BCUT2D eigenvalue weighted by atomic mass is 10.2. The van der Waals surface area contributed by atoms with Gasteiger partial charge in [-0.1, -0.05) is 35.9 Å². The average molecular weight is 628 g/mol. The van der Waals surface area contributed by atoms with Crippen molar-refractivity contribution in [3.05, 3.63) is 87.4 Å². The number of carbonyl (C=O) groups is 1. The quantitative estimate of drug-likeness (QED) is 0.244. The molecule has 0 spiro atoms. The lowest BCUT2D eigenvalue weighted by Crippen LogP contribution is -2.39. The van der Waals surface area contributed by atoms with E-state index in [2.05, 4.69) is 26.5 Å². The Kier molecular flexibility index (Phi) is 9.62. The van der Waals surface area contributed by atoms with Crippen molar-refractivity contribution in [2.45, 2.75) is 19.7 Å². The summed E-state index contributed by atoms with van der Waals surface area (Å²) in [5.74, 6) is -0.000582. The fourth-order valence-corrected chi connectivity index (χ4v) is 4.80. The smallest absolute Gasteiger partial charge is 0.416 e. The number of carbonyl (C=O) groups excluding carboxylic acids is 1. The van der Waals surface area contributed by atoms with Gasteiger partial charge in [-0.2, -0.15) is 18.3 Å². The minimum atomic E-state index is -4.68. The van der Waals surface area contributed by atoms with Gasteiger partial charge in [-0.15, -0.1) is 0 Å². The van der Waals surface area contributed by atoms with Crippen LogP contribution in [0.2, 0.25) is 0 Å². The molecule has 3 aromatic carbocycles. The summed E-state index contributed by atoms with van der Waals surface area (Å²) in [6, 6.07) is 14.9. The van der Waals surface area contributed by atoms with Gasteiger partial charge in [0.1, 0.15) is 13.2 Å². The van der Waals surface area contributed by atoms with Crippen LogP contribution in [0.1, 0.15) is 22.3 Å². The lowest BCUT2D eigenvalue weighted by molar-refractivity contribution is -0.137. The Hall–Kier alpha value is -3.58. The average Bonchev–Trinajstić information content (AvgIpc) is 2.86. The van der Waals surface area contributed by atoms with Crippen molar-refractivity contribution in [1.29, 1.82) is 0 Å². The van der Waals surface area contributed by atoms with Gasteiger partial charge in [-0.3, -0.25) is 9.10 Å². The molecule has 0 radical (unpaired) electrons. The number of anilines is 1.